The molecule has 1 amide bonds. The van der Waals surface area contributed by atoms with E-state index in [1.54, 1.807) is 36.4 Å². The van der Waals surface area contributed by atoms with E-state index >= 15 is 0 Å². The molecule has 94 valence electrons. The van der Waals surface area contributed by atoms with Crippen molar-refractivity contribution in [1.82, 2.24) is 4.98 Å². The molecule has 0 radical (unpaired) electrons. The van der Waals surface area contributed by atoms with E-state index in [1.165, 1.54) is 0 Å². The smallest absolute Gasteiger partial charge is 0.241 e. The Balaban J connectivity index is 2.05. The van der Waals surface area contributed by atoms with Crippen LogP contribution in [0.3, 0.4) is 0 Å². The van der Waals surface area contributed by atoms with E-state index in [0.29, 0.717) is 16.9 Å². The summed E-state index contributed by atoms with van der Waals surface area (Å²) in [6.07, 6.45) is 0. The quantitative estimate of drug-likeness (QED) is 0.519. The predicted molar refractivity (Wildman–Crippen MR) is 71.4 cm³/mol. The minimum atomic E-state index is -0.920. The zero-order valence-corrected chi connectivity index (χ0v) is 10.5. The van der Waals surface area contributed by atoms with Gasteiger partial charge in [0.25, 0.3) is 0 Å². The lowest BCUT2D eigenvalue weighted by Gasteiger charge is -2.07. The number of rotatable bonds is 2. The number of pyridine rings is 1. The predicted octanol–water partition coefficient (Wildman–Crippen LogP) is 2.65. The lowest BCUT2D eigenvalue weighted by Crippen LogP contribution is -2.21. The van der Waals surface area contributed by atoms with Crippen molar-refractivity contribution < 1.29 is 9.59 Å². The average molecular weight is 273 g/mol. The Morgan fingerprint density at radius 3 is 2.63 bits per heavy atom. The van der Waals surface area contributed by atoms with Gasteiger partial charge in [0.2, 0.25) is 5.91 Å². The van der Waals surface area contributed by atoms with Gasteiger partial charge in [-0.2, -0.15) is 0 Å². The van der Waals surface area contributed by atoms with Crippen molar-refractivity contribution >= 4 is 29.0 Å². The van der Waals surface area contributed by atoms with Gasteiger partial charge in [0.15, 0.2) is 5.78 Å². The Morgan fingerprint density at radius 1 is 1.16 bits per heavy atom. The molecule has 1 N–H and O–H groups in total. The summed E-state index contributed by atoms with van der Waals surface area (Å²) >= 11 is 5.83. The van der Waals surface area contributed by atoms with Crippen LogP contribution in [0.1, 0.15) is 22.0 Å². The van der Waals surface area contributed by atoms with Crippen molar-refractivity contribution in [3.63, 3.8) is 0 Å². The number of anilines is 1. The Bertz CT molecular complexity index is 670. The lowest BCUT2D eigenvalue weighted by molar-refractivity contribution is -0.116. The van der Waals surface area contributed by atoms with E-state index in [1.807, 2.05) is 6.07 Å². The number of hydrogen-bond donors (Lipinski definition) is 1. The maximum Gasteiger partial charge on any atom is 0.241 e. The van der Waals surface area contributed by atoms with Crippen molar-refractivity contribution in [2.24, 2.45) is 0 Å². The van der Waals surface area contributed by atoms with Crippen LogP contribution in [0, 0.1) is 0 Å². The highest BCUT2D eigenvalue weighted by Gasteiger charge is 2.38. The number of nitrogens with zero attached hydrogens (tertiary/aromatic N) is 1. The third kappa shape index (κ3) is 2.00. The van der Waals surface area contributed by atoms with Crippen molar-refractivity contribution in [3.8, 4) is 0 Å². The molecular formula is C14H9ClN2O2. The first-order chi connectivity index (χ1) is 9.16. The first-order valence-corrected chi connectivity index (χ1v) is 6.11. The van der Waals surface area contributed by atoms with Crippen LogP contribution in [0.4, 0.5) is 5.69 Å². The van der Waals surface area contributed by atoms with Gasteiger partial charge in [0.05, 0.1) is 11.4 Å². The van der Waals surface area contributed by atoms with Gasteiger partial charge in [-0.25, -0.2) is 4.98 Å². The Labute approximate surface area is 114 Å². The van der Waals surface area contributed by atoms with E-state index < -0.39 is 5.92 Å². The summed E-state index contributed by atoms with van der Waals surface area (Å²) in [5.41, 5.74) is 1.42. The van der Waals surface area contributed by atoms with Crippen molar-refractivity contribution in [1.29, 1.82) is 0 Å². The molecule has 1 aromatic heterocycles. The van der Waals surface area contributed by atoms with E-state index in [0.717, 1.165) is 0 Å². The Kier molecular flexibility index (Phi) is 2.80. The van der Waals surface area contributed by atoms with Gasteiger partial charge in [0, 0.05) is 5.56 Å². The monoisotopic (exact) mass is 272 g/mol. The zero-order chi connectivity index (χ0) is 13.4. The van der Waals surface area contributed by atoms with Crippen LogP contribution in [0.2, 0.25) is 5.15 Å². The molecule has 2 heterocycles. The maximum absolute atomic E-state index is 12.4. The second kappa shape index (κ2) is 4.48. The van der Waals surface area contributed by atoms with Gasteiger partial charge in [-0.05, 0) is 12.1 Å². The summed E-state index contributed by atoms with van der Waals surface area (Å²) in [6.45, 7) is 0. The van der Waals surface area contributed by atoms with Gasteiger partial charge in [0.1, 0.15) is 11.1 Å². The van der Waals surface area contributed by atoms with Crippen molar-refractivity contribution in [3.05, 3.63) is 58.9 Å². The van der Waals surface area contributed by atoms with E-state index in [2.05, 4.69) is 10.3 Å². The number of aromatic nitrogens is 1. The highest BCUT2D eigenvalue weighted by atomic mass is 35.5. The molecule has 2 aromatic rings. The van der Waals surface area contributed by atoms with Gasteiger partial charge in [-0.3, -0.25) is 9.59 Å². The van der Waals surface area contributed by atoms with Crippen LogP contribution in [0.25, 0.3) is 0 Å². The molecule has 0 bridgehead atoms. The number of halogens is 1. The summed E-state index contributed by atoms with van der Waals surface area (Å²) in [5, 5.41) is 2.91. The summed E-state index contributed by atoms with van der Waals surface area (Å²) in [5.74, 6) is -1.55. The molecule has 3 rings (SSSR count). The Morgan fingerprint density at radius 2 is 1.89 bits per heavy atom. The average Bonchev–Trinajstić information content (AvgIpc) is 2.74. The second-order valence-electron chi connectivity index (χ2n) is 4.22. The number of Topliss-reactive ketones (excluding diaryl/α,β-unsaturated/α-hetero) is 1. The number of ketones is 1. The lowest BCUT2D eigenvalue weighted by atomic mass is 9.95. The highest BCUT2D eigenvalue weighted by molar-refractivity contribution is 6.30. The fourth-order valence-corrected chi connectivity index (χ4v) is 2.27. The molecule has 0 aliphatic carbocycles. The minimum absolute atomic E-state index is 0.265. The fourth-order valence-electron chi connectivity index (χ4n) is 2.12. The number of carbonyl (C=O) groups is 2. The third-order valence-corrected chi connectivity index (χ3v) is 3.22. The summed E-state index contributed by atoms with van der Waals surface area (Å²) < 4.78 is 0. The van der Waals surface area contributed by atoms with Crippen LogP contribution in [-0.2, 0) is 4.79 Å². The molecule has 1 aliphatic rings. The minimum Gasteiger partial charge on any atom is -0.323 e. The number of nitrogens with one attached hydrogen (secondary N) is 1. The maximum atomic E-state index is 12.4. The number of carbonyl (C=O) groups excluding carboxylic acids is 2. The standard InChI is InChI=1S/C14H9ClN2O2/c15-10-7-6-9-12(17-10)11(14(19)16-9)13(18)8-4-2-1-3-5-8/h1-7,11H,(H,16,19). The van der Waals surface area contributed by atoms with Crippen LogP contribution >= 0.6 is 11.6 Å². The highest BCUT2D eigenvalue weighted by Crippen LogP contribution is 2.34. The third-order valence-electron chi connectivity index (χ3n) is 3.00. The molecule has 5 heteroatoms. The molecule has 0 spiro atoms. The van der Waals surface area contributed by atoms with Crippen LogP contribution in [0.15, 0.2) is 42.5 Å². The summed E-state index contributed by atoms with van der Waals surface area (Å²) in [6, 6.07) is 11.9. The van der Waals surface area contributed by atoms with Gasteiger partial charge >= 0.3 is 0 Å². The molecule has 19 heavy (non-hydrogen) atoms. The molecule has 0 fully saturated rings. The first kappa shape index (κ1) is 11.9. The van der Waals surface area contributed by atoms with E-state index in [-0.39, 0.29) is 16.8 Å². The molecule has 0 saturated heterocycles. The molecule has 1 unspecified atom stereocenters. The number of hydrogen-bond acceptors (Lipinski definition) is 3. The molecule has 0 saturated carbocycles. The van der Waals surface area contributed by atoms with Crippen molar-refractivity contribution in [2.45, 2.75) is 5.92 Å². The fraction of sp³-hybridized carbons (Fsp3) is 0.0714. The van der Waals surface area contributed by atoms with Crippen molar-refractivity contribution in [2.75, 3.05) is 5.32 Å². The normalized spacial score (nSPS) is 16.9. The van der Waals surface area contributed by atoms with Gasteiger partial charge in [-0.15, -0.1) is 0 Å². The topological polar surface area (TPSA) is 59.1 Å². The number of fused-ring (bicyclic) bond motifs is 1. The number of benzene rings is 1. The van der Waals surface area contributed by atoms with Crippen LogP contribution in [0.5, 0.6) is 0 Å². The van der Waals surface area contributed by atoms with Gasteiger partial charge < -0.3 is 5.32 Å². The Hall–Kier alpha value is -2.20. The first-order valence-electron chi connectivity index (χ1n) is 5.73. The van der Waals surface area contributed by atoms with E-state index in [9.17, 15) is 9.59 Å². The molecular weight excluding hydrogens is 264 g/mol. The second-order valence-corrected chi connectivity index (χ2v) is 4.61. The number of amides is 1. The largest absolute Gasteiger partial charge is 0.323 e. The molecule has 1 aliphatic heterocycles. The van der Waals surface area contributed by atoms with Gasteiger partial charge in [-0.1, -0.05) is 41.9 Å². The molecule has 1 aromatic carbocycles. The SMILES string of the molecule is O=C1Nc2ccc(Cl)nc2C1C(=O)c1ccccc1. The zero-order valence-electron chi connectivity index (χ0n) is 9.76. The van der Waals surface area contributed by atoms with Crippen LogP contribution < -0.4 is 5.32 Å². The summed E-state index contributed by atoms with van der Waals surface area (Å²) in [4.78, 5) is 28.4. The molecule has 4 nitrogen and oxygen atoms in total. The molecule has 1 atom stereocenters. The van der Waals surface area contributed by atoms with Crippen LogP contribution in [-0.4, -0.2) is 16.7 Å². The van der Waals surface area contributed by atoms with E-state index in [4.69, 9.17) is 11.6 Å². The summed E-state index contributed by atoms with van der Waals surface area (Å²) in [7, 11) is 0.